The molecule has 3 fully saturated rings. The van der Waals surface area contributed by atoms with Crippen LogP contribution < -0.4 is 0 Å². The molecule has 6 heteroatoms. The molecule has 1 spiro atoms. The summed E-state index contributed by atoms with van der Waals surface area (Å²) >= 11 is 0. The molecule has 0 aliphatic carbocycles. The lowest BCUT2D eigenvalue weighted by atomic mass is 9.78. The maximum atomic E-state index is 12.8. The molecule has 1 atom stereocenters. The molecular weight excluding hydrogens is 306 g/mol. The third-order valence-corrected chi connectivity index (χ3v) is 5.96. The quantitative estimate of drug-likeness (QED) is 0.820. The molecule has 3 rings (SSSR count). The topological polar surface area (TPSA) is 64.1 Å². The van der Waals surface area contributed by atoms with Crippen LogP contribution in [0, 0.1) is 5.41 Å². The Labute approximate surface area is 144 Å². The Morgan fingerprint density at radius 2 is 1.75 bits per heavy atom. The number of aliphatic hydroxyl groups is 1. The Bertz CT molecular complexity index is 460. The van der Waals surface area contributed by atoms with E-state index >= 15 is 0 Å². The van der Waals surface area contributed by atoms with E-state index in [0.717, 1.165) is 38.9 Å². The molecule has 0 saturated carbocycles. The molecule has 2 amide bonds. The highest BCUT2D eigenvalue weighted by Gasteiger charge is 2.49. The molecule has 6 nitrogen and oxygen atoms in total. The molecule has 1 N–H and O–H groups in total. The number of carbonyl (C=O) groups is 2. The molecule has 0 aromatic carbocycles. The number of piperidine rings is 1. The number of likely N-dealkylation sites (tertiary alicyclic amines) is 3. The maximum Gasteiger partial charge on any atom is 0.236 e. The summed E-state index contributed by atoms with van der Waals surface area (Å²) in [6.45, 7) is 4.99. The van der Waals surface area contributed by atoms with Crippen LogP contribution in [0.25, 0.3) is 0 Å². The van der Waals surface area contributed by atoms with Gasteiger partial charge in [0.25, 0.3) is 0 Å². The lowest BCUT2D eigenvalue weighted by Gasteiger charge is -2.39. The number of aliphatic hydroxyl groups excluding tert-OH is 1. The van der Waals surface area contributed by atoms with E-state index in [1.165, 1.54) is 25.7 Å². The van der Waals surface area contributed by atoms with Crippen LogP contribution in [0.1, 0.15) is 44.9 Å². The first-order chi connectivity index (χ1) is 11.6. The van der Waals surface area contributed by atoms with E-state index in [0.29, 0.717) is 26.2 Å². The molecule has 0 aromatic rings. The number of hydrogen-bond donors (Lipinski definition) is 1. The molecule has 3 aliphatic rings. The highest BCUT2D eigenvalue weighted by atomic mass is 16.3. The molecule has 3 saturated heterocycles. The first-order valence-electron chi connectivity index (χ1n) is 9.55. The molecular formula is C18H31N3O3. The molecule has 3 heterocycles. The maximum absolute atomic E-state index is 12.8. The van der Waals surface area contributed by atoms with Gasteiger partial charge in [0, 0.05) is 26.2 Å². The predicted molar refractivity (Wildman–Crippen MR) is 91.4 cm³/mol. The SMILES string of the molecule is O=C(CN1CCCCCC1)N1CCC2(CCCN(CCO)C2=O)C1. The minimum atomic E-state index is -0.387. The van der Waals surface area contributed by atoms with Crippen LogP contribution in [-0.2, 0) is 9.59 Å². The minimum absolute atomic E-state index is 0.0133. The van der Waals surface area contributed by atoms with Gasteiger partial charge in [0.2, 0.25) is 11.8 Å². The number of carbonyl (C=O) groups excluding carboxylic acids is 2. The van der Waals surface area contributed by atoms with Gasteiger partial charge in [-0.3, -0.25) is 14.5 Å². The molecule has 3 aliphatic heterocycles. The lowest BCUT2D eigenvalue weighted by molar-refractivity contribution is -0.146. The zero-order valence-electron chi connectivity index (χ0n) is 14.7. The fourth-order valence-corrected chi connectivity index (χ4v) is 4.54. The fraction of sp³-hybridized carbons (Fsp3) is 0.889. The lowest BCUT2D eigenvalue weighted by Crippen LogP contribution is -2.51. The molecule has 24 heavy (non-hydrogen) atoms. The van der Waals surface area contributed by atoms with Crippen LogP contribution in [0.2, 0.25) is 0 Å². The van der Waals surface area contributed by atoms with Gasteiger partial charge in [-0.05, 0) is 45.2 Å². The summed E-state index contributed by atoms with van der Waals surface area (Å²) in [5.41, 5.74) is -0.387. The van der Waals surface area contributed by atoms with Gasteiger partial charge in [-0.1, -0.05) is 12.8 Å². The normalized spacial score (nSPS) is 29.3. The monoisotopic (exact) mass is 337 g/mol. The van der Waals surface area contributed by atoms with Crippen molar-refractivity contribution in [3.8, 4) is 0 Å². The third-order valence-electron chi connectivity index (χ3n) is 5.96. The van der Waals surface area contributed by atoms with Gasteiger partial charge in [-0.25, -0.2) is 0 Å². The van der Waals surface area contributed by atoms with Gasteiger partial charge in [0.15, 0.2) is 0 Å². The van der Waals surface area contributed by atoms with Crippen LogP contribution in [0.15, 0.2) is 0 Å². The van der Waals surface area contributed by atoms with Crippen molar-refractivity contribution >= 4 is 11.8 Å². The summed E-state index contributed by atoms with van der Waals surface area (Å²) < 4.78 is 0. The predicted octanol–water partition coefficient (Wildman–Crippen LogP) is 0.696. The van der Waals surface area contributed by atoms with Gasteiger partial charge in [-0.2, -0.15) is 0 Å². The van der Waals surface area contributed by atoms with Crippen molar-refractivity contribution in [3.05, 3.63) is 0 Å². The minimum Gasteiger partial charge on any atom is -0.395 e. The summed E-state index contributed by atoms with van der Waals surface area (Å²) in [7, 11) is 0. The van der Waals surface area contributed by atoms with Crippen molar-refractivity contribution in [3.63, 3.8) is 0 Å². The summed E-state index contributed by atoms with van der Waals surface area (Å²) in [6.07, 6.45) is 7.54. The number of amides is 2. The highest BCUT2D eigenvalue weighted by molar-refractivity contribution is 5.86. The Kier molecular flexibility index (Phi) is 5.76. The Hall–Kier alpha value is -1.14. The summed E-state index contributed by atoms with van der Waals surface area (Å²) in [5.74, 6) is 0.328. The van der Waals surface area contributed by atoms with Crippen LogP contribution in [0.3, 0.4) is 0 Å². The molecule has 0 bridgehead atoms. The van der Waals surface area contributed by atoms with Crippen molar-refractivity contribution in [2.45, 2.75) is 44.9 Å². The van der Waals surface area contributed by atoms with Crippen molar-refractivity contribution in [1.82, 2.24) is 14.7 Å². The van der Waals surface area contributed by atoms with Crippen molar-refractivity contribution in [2.75, 3.05) is 52.4 Å². The standard InChI is InChI=1S/C18H31N3O3/c22-13-12-20-10-5-6-18(17(20)24)7-11-21(15-18)16(23)14-19-8-3-1-2-4-9-19/h22H,1-15H2. The summed E-state index contributed by atoms with van der Waals surface area (Å²) in [5, 5.41) is 9.15. The third kappa shape index (κ3) is 3.75. The van der Waals surface area contributed by atoms with Crippen LogP contribution in [-0.4, -0.2) is 84.0 Å². The number of β-amino-alcohol motifs (C(OH)–C–C–N with tert-alkyl or cyclic N) is 1. The molecule has 0 aromatic heterocycles. The van der Waals surface area contributed by atoms with E-state index in [2.05, 4.69) is 4.90 Å². The van der Waals surface area contributed by atoms with Crippen LogP contribution in [0.4, 0.5) is 0 Å². The van der Waals surface area contributed by atoms with E-state index in [-0.39, 0.29) is 23.8 Å². The van der Waals surface area contributed by atoms with E-state index in [1.54, 1.807) is 4.90 Å². The van der Waals surface area contributed by atoms with Crippen LogP contribution >= 0.6 is 0 Å². The average molecular weight is 337 g/mol. The average Bonchev–Trinajstić information content (AvgIpc) is 2.83. The van der Waals surface area contributed by atoms with Gasteiger partial charge < -0.3 is 14.9 Å². The Morgan fingerprint density at radius 3 is 2.46 bits per heavy atom. The fourth-order valence-electron chi connectivity index (χ4n) is 4.54. The molecule has 1 unspecified atom stereocenters. The van der Waals surface area contributed by atoms with Crippen LogP contribution in [0.5, 0.6) is 0 Å². The van der Waals surface area contributed by atoms with Gasteiger partial charge in [0.05, 0.1) is 18.6 Å². The second-order valence-corrected chi connectivity index (χ2v) is 7.66. The zero-order valence-corrected chi connectivity index (χ0v) is 14.7. The molecule has 136 valence electrons. The Morgan fingerprint density at radius 1 is 1.00 bits per heavy atom. The van der Waals surface area contributed by atoms with Gasteiger partial charge in [-0.15, -0.1) is 0 Å². The van der Waals surface area contributed by atoms with E-state index < -0.39 is 0 Å². The summed E-state index contributed by atoms with van der Waals surface area (Å²) in [4.78, 5) is 31.5. The van der Waals surface area contributed by atoms with E-state index in [9.17, 15) is 9.59 Å². The number of rotatable bonds is 4. The van der Waals surface area contributed by atoms with Crippen molar-refractivity contribution in [2.24, 2.45) is 5.41 Å². The number of nitrogens with zero attached hydrogens (tertiary/aromatic N) is 3. The van der Waals surface area contributed by atoms with E-state index in [4.69, 9.17) is 5.11 Å². The van der Waals surface area contributed by atoms with Crippen molar-refractivity contribution in [1.29, 1.82) is 0 Å². The smallest absolute Gasteiger partial charge is 0.236 e. The highest BCUT2D eigenvalue weighted by Crippen LogP contribution is 2.40. The Balaban J connectivity index is 1.57. The second-order valence-electron chi connectivity index (χ2n) is 7.66. The van der Waals surface area contributed by atoms with Crippen molar-refractivity contribution < 1.29 is 14.7 Å². The zero-order chi connectivity index (χ0) is 17.0. The first kappa shape index (κ1) is 17.7. The largest absolute Gasteiger partial charge is 0.395 e. The second kappa shape index (κ2) is 7.83. The van der Waals surface area contributed by atoms with Gasteiger partial charge >= 0.3 is 0 Å². The first-order valence-corrected chi connectivity index (χ1v) is 9.55. The van der Waals surface area contributed by atoms with E-state index in [1.807, 2.05) is 4.90 Å². The number of hydrogen-bond acceptors (Lipinski definition) is 4. The summed E-state index contributed by atoms with van der Waals surface area (Å²) in [6, 6.07) is 0. The molecule has 0 radical (unpaired) electrons. The van der Waals surface area contributed by atoms with Gasteiger partial charge in [0.1, 0.15) is 0 Å².